The van der Waals surface area contributed by atoms with Crippen molar-refractivity contribution in [3.8, 4) is 22.5 Å². The van der Waals surface area contributed by atoms with Crippen molar-refractivity contribution in [1.82, 2.24) is 50.3 Å². The van der Waals surface area contributed by atoms with Gasteiger partial charge in [-0.25, -0.2) is 29.5 Å². The third-order valence-electron chi connectivity index (χ3n) is 11.7. The smallest absolute Gasteiger partial charge is 0.407 e. The van der Waals surface area contributed by atoms with Crippen molar-refractivity contribution in [3.05, 3.63) is 72.4 Å². The molecule has 8 rings (SSSR count). The topological polar surface area (TPSA) is 200 Å². The molecule has 5 heterocycles. The van der Waals surface area contributed by atoms with Gasteiger partial charge in [-0.2, -0.15) is 0 Å². The summed E-state index contributed by atoms with van der Waals surface area (Å²) in [5, 5.41) is 6.29. The van der Waals surface area contributed by atoms with Crippen molar-refractivity contribution >= 4 is 57.0 Å². The number of aromatic nitrogens is 6. The third-order valence-corrected chi connectivity index (χ3v) is 11.7. The van der Waals surface area contributed by atoms with Crippen LogP contribution in [0.1, 0.15) is 77.1 Å². The van der Waals surface area contributed by atoms with E-state index in [9.17, 15) is 19.2 Å². The number of fused-ring (bicyclic) bond motifs is 3. The molecular formula is C44H50N10O6. The Kier molecular flexibility index (Phi) is 11.1. The van der Waals surface area contributed by atoms with E-state index in [1.54, 1.807) is 4.90 Å². The van der Waals surface area contributed by atoms with Crippen LogP contribution in [0.15, 0.2) is 60.8 Å². The standard InChI is InChI=1S/C44H50N10O6/c1-23(2)36(51-43(57)59-5)41(55)53-17-7-9-34(53)39-47-30-15-12-26(20-32(30)49-39)25-11-14-29-28(19-25)22-45-38(46-29)27-13-16-31-33(21-27)50-40(48-31)35-10-8-18-54(35)42(56)37(24(3)4)52-44(58)60-6/h11-16,19-24,34-37H,7-10,17-18H2,1-6H3,(H,47,49)(H,48,50)(H,51,57)(H,52,58)/t34-,35-,36-,37-/m0/s1. The molecule has 3 aromatic carbocycles. The molecule has 0 saturated carbocycles. The number of imidazole rings is 2. The Morgan fingerprint density at radius 2 is 1.12 bits per heavy atom. The number of nitrogens with zero attached hydrogens (tertiary/aromatic N) is 6. The maximum absolute atomic E-state index is 13.7. The summed E-state index contributed by atoms with van der Waals surface area (Å²) < 4.78 is 9.55. The predicted molar refractivity (Wildman–Crippen MR) is 225 cm³/mol. The number of aromatic amines is 2. The van der Waals surface area contributed by atoms with Crippen LogP contribution in [0.4, 0.5) is 9.59 Å². The van der Waals surface area contributed by atoms with Gasteiger partial charge in [0.05, 0.1) is 53.9 Å². The summed E-state index contributed by atoms with van der Waals surface area (Å²) in [6.45, 7) is 8.75. The number of likely N-dealkylation sites (tertiary alicyclic amines) is 2. The van der Waals surface area contributed by atoms with Crippen molar-refractivity contribution in [2.24, 2.45) is 11.8 Å². The van der Waals surface area contributed by atoms with Gasteiger partial charge in [-0.3, -0.25) is 9.59 Å². The highest BCUT2D eigenvalue weighted by Crippen LogP contribution is 2.36. The fourth-order valence-corrected chi connectivity index (χ4v) is 8.43. The number of amides is 4. The highest BCUT2D eigenvalue weighted by atomic mass is 16.5. The molecule has 16 nitrogen and oxygen atoms in total. The maximum Gasteiger partial charge on any atom is 0.407 e. The first-order chi connectivity index (χ1) is 28.9. The van der Waals surface area contributed by atoms with Crippen molar-refractivity contribution in [2.75, 3.05) is 27.3 Å². The highest BCUT2D eigenvalue weighted by Gasteiger charge is 2.39. The third kappa shape index (κ3) is 7.80. The number of benzene rings is 3. The Bertz CT molecular complexity index is 2420. The molecule has 60 heavy (non-hydrogen) atoms. The maximum atomic E-state index is 13.7. The van der Waals surface area contributed by atoms with Crippen LogP contribution in [0.2, 0.25) is 0 Å². The fourth-order valence-electron chi connectivity index (χ4n) is 8.43. The van der Waals surface area contributed by atoms with E-state index in [-0.39, 0.29) is 35.7 Å². The summed E-state index contributed by atoms with van der Waals surface area (Å²) in [4.78, 5) is 81.3. The summed E-state index contributed by atoms with van der Waals surface area (Å²) in [6, 6.07) is 16.2. The first kappa shape index (κ1) is 40.2. The monoisotopic (exact) mass is 814 g/mol. The van der Waals surface area contributed by atoms with Crippen molar-refractivity contribution in [3.63, 3.8) is 0 Å². The summed E-state index contributed by atoms with van der Waals surface area (Å²) in [6.07, 6.45) is 3.76. The van der Waals surface area contributed by atoms with E-state index in [0.29, 0.717) is 24.7 Å². The van der Waals surface area contributed by atoms with Crippen LogP contribution in [0.25, 0.3) is 55.5 Å². The van der Waals surface area contributed by atoms with E-state index in [4.69, 9.17) is 29.4 Å². The number of carbonyl (C=O) groups is 4. The number of H-pyrrole nitrogens is 2. The molecule has 0 radical (unpaired) electrons. The minimum absolute atomic E-state index is 0.117. The van der Waals surface area contributed by atoms with Crippen LogP contribution in [0, 0.1) is 11.8 Å². The van der Waals surface area contributed by atoms with Gasteiger partial charge >= 0.3 is 12.2 Å². The molecule has 2 aliphatic rings. The van der Waals surface area contributed by atoms with Gasteiger partial charge in [0.15, 0.2) is 5.82 Å². The van der Waals surface area contributed by atoms with E-state index in [1.165, 1.54) is 14.2 Å². The number of ether oxygens (including phenoxy) is 2. The molecule has 0 aliphatic carbocycles. The first-order valence-electron chi connectivity index (χ1n) is 20.5. The normalized spacial score (nSPS) is 17.8. The molecule has 4 amide bonds. The lowest BCUT2D eigenvalue weighted by molar-refractivity contribution is -0.136. The second-order valence-corrected chi connectivity index (χ2v) is 16.3. The zero-order valence-corrected chi connectivity index (χ0v) is 34.6. The fraction of sp³-hybridized carbons (Fsp3) is 0.409. The largest absolute Gasteiger partial charge is 0.453 e. The van der Waals surface area contributed by atoms with E-state index < -0.39 is 24.3 Å². The van der Waals surface area contributed by atoms with Crippen LogP contribution in [-0.2, 0) is 19.1 Å². The van der Waals surface area contributed by atoms with Gasteiger partial charge in [-0.15, -0.1) is 0 Å². The Hall–Kier alpha value is -6.58. The molecule has 0 bridgehead atoms. The van der Waals surface area contributed by atoms with Crippen LogP contribution in [0.5, 0.6) is 0 Å². The summed E-state index contributed by atoms with van der Waals surface area (Å²) in [5.74, 6) is 1.45. The molecule has 0 unspecified atom stereocenters. The molecular weight excluding hydrogens is 765 g/mol. The highest BCUT2D eigenvalue weighted by molar-refractivity contribution is 5.90. The van der Waals surface area contributed by atoms with Crippen molar-refractivity contribution < 1.29 is 28.7 Å². The number of rotatable bonds is 10. The van der Waals surface area contributed by atoms with Gasteiger partial charge < -0.3 is 39.9 Å². The summed E-state index contributed by atoms with van der Waals surface area (Å²) >= 11 is 0. The zero-order chi connectivity index (χ0) is 42.2. The second kappa shape index (κ2) is 16.6. The Morgan fingerprint density at radius 1 is 0.650 bits per heavy atom. The number of nitrogens with one attached hydrogen (secondary N) is 4. The molecule has 16 heteroatoms. The van der Waals surface area contributed by atoms with E-state index in [1.807, 2.05) is 81.3 Å². The number of alkyl carbamates (subject to hydrolysis) is 2. The van der Waals surface area contributed by atoms with Gasteiger partial charge in [0, 0.05) is 30.2 Å². The van der Waals surface area contributed by atoms with E-state index in [2.05, 4.69) is 32.7 Å². The minimum Gasteiger partial charge on any atom is -0.453 e. The lowest BCUT2D eigenvalue weighted by Crippen LogP contribution is -2.51. The van der Waals surface area contributed by atoms with Gasteiger partial charge in [0.25, 0.3) is 0 Å². The van der Waals surface area contributed by atoms with Crippen LogP contribution in [0.3, 0.4) is 0 Å². The molecule has 4 atom stereocenters. The Labute approximate surface area is 346 Å². The number of carbonyl (C=O) groups excluding carboxylic acids is 4. The van der Waals surface area contributed by atoms with E-state index >= 15 is 0 Å². The molecule has 2 saturated heterocycles. The molecule has 2 aliphatic heterocycles. The van der Waals surface area contributed by atoms with Crippen molar-refractivity contribution in [1.29, 1.82) is 0 Å². The summed E-state index contributed by atoms with van der Waals surface area (Å²) in [5.41, 5.74) is 6.87. The minimum atomic E-state index is -0.708. The second-order valence-electron chi connectivity index (χ2n) is 16.3. The lowest BCUT2D eigenvalue weighted by Gasteiger charge is -2.29. The Morgan fingerprint density at radius 3 is 1.62 bits per heavy atom. The Balaban J connectivity index is 0.993. The molecule has 312 valence electrons. The first-order valence-corrected chi connectivity index (χ1v) is 20.5. The lowest BCUT2D eigenvalue weighted by atomic mass is 10.0. The predicted octanol–water partition coefficient (Wildman–Crippen LogP) is 6.80. The van der Waals surface area contributed by atoms with E-state index in [0.717, 1.165) is 81.2 Å². The van der Waals surface area contributed by atoms with Crippen molar-refractivity contribution in [2.45, 2.75) is 77.5 Å². The molecule has 2 fully saturated rings. The molecule has 6 aromatic rings. The number of hydrogen-bond acceptors (Lipinski definition) is 10. The average Bonchev–Trinajstić information content (AvgIpc) is 4.08. The van der Waals surface area contributed by atoms with Gasteiger partial charge in [-0.05, 0) is 91.1 Å². The van der Waals surface area contributed by atoms with Gasteiger partial charge in [0.1, 0.15) is 23.7 Å². The zero-order valence-electron chi connectivity index (χ0n) is 34.6. The molecule has 3 aromatic heterocycles. The van der Waals surface area contributed by atoms with Gasteiger partial charge in [0.2, 0.25) is 11.8 Å². The van der Waals surface area contributed by atoms with Crippen LogP contribution >= 0.6 is 0 Å². The molecule has 4 N–H and O–H groups in total. The van der Waals surface area contributed by atoms with Crippen LogP contribution in [-0.4, -0.2) is 103 Å². The SMILES string of the molecule is COC(=O)N[C@H](C(=O)N1CCC[C@H]1c1nc2ccc(-c3ccc4nc(-c5ccc6nc([C@@H]7CCCN7C(=O)[C@@H](NC(=O)OC)C(C)C)[nH]c6c5)ncc4c3)cc2[nH]1)C(C)C. The quantitative estimate of drug-likeness (QED) is 0.114. The number of hydrogen-bond donors (Lipinski definition) is 4. The van der Waals surface area contributed by atoms with Gasteiger partial charge in [-0.1, -0.05) is 39.8 Å². The number of methoxy groups -OCH3 is 2. The average molecular weight is 815 g/mol. The van der Waals surface area contributed by atoms with Crippen LogP contribution < -0.4 is 10.6 Å². The summed E-state index contributed by atoms with van der Waals surface area (Å²) in [7, 11) is 2.57. The molecule has 0 spiro atoms.